The zero-order valence-corrected chi connectivity index (χ0v) is 11.9. The SMILES string of the molecule is CCn1cc(NS(=O)(=O)c2c(N)ncn2C)ccc1=O. The second-order valence-corrected chi connectivity index (χ2v) is 5.79. The molecule has 0 saturated heterocycles. The van der Waals surface area contributed by atoms with Crippen LogP contribution in [0.5, 0.6) is 0 Å². The Balaban J connectivity index is 2.41. The molecular weight excluding hydrogens is 282 g/mol. The van der Waals surface area contributed by atoms with E-state index in [9.17, 15) is 13.2 Å². The maximum absolute atomic E-state index is 12.2. The molecule has 0 radical (unpaired) electrons. The fraction of sp³-hybridized carbons (Fsp3) is 0.273. The number of aromatic nitrogens is 3. The normalized spacial score (nSPS) is 11.5. The molecule has 0 unspecified atom stereocenters. The lowest BCUT2D eigenvalue weighted by Crippen LogP contribution is -2.21. The number of sulfonamides is 1. The lowest BCUT2D eigenvalue weighted by atomic mass is 10.4. The lowest BCUT2D eigenvalue weighted by molar-refractivity contribution is 0.591. The largest absolute Gasteiger partial charge is 0.381 e. The summed E-state index contributed by atoms with van der Waals surface area (Å²) < 4.78 is 29.6. The Morgan fingerprint density at radius 2 is 2.10 bits per heavy atom. The van der Waals surface area contributed by atoms with E-state index in [0.717, 1.165) is 0 Å². The number of nitrogens with two attached hydrogens (primary N) is 1. The maximum Gasteiger partial charge on any atom is 0.281 e. The van der Waals surface area contributed by atoms with Crippen molar-refractivity contribution in [3.63, 3.8) is 0 Å². The molecule has 20 heavy (non-hydrogen) atoms. The van der Waals surface area contributed by atoms with Gasteiger partial charge in [0.05, 0.1) is 12.0 Å². The van der Waals surface area contributed by atoms with Gasteiger partial charge in [0.1, 0.15) is 0 Å². The number of hydrogen-bond acceptors (Lipinski definition) is 5. The van der Waals surface area contributed by atoms with Crippen molar-refractivity contribution in [3.05, 3.63) is 35.0 Å². The van der Waals surface area contributed by atoms with Crippen molar-refractivity contribution in [3.8, 4) is 0 Å². The lowest BCUT2D eigenvalue weighted by Gasteiger charge is -2.10. The molecule has 2 aromatic rings. The van der Waals surface area contributed by atoms with Crippen molar-refractivity contribution in [1.82, 2.24) is 14.1 Å². The monoisotopic (exact) mass is 297 g/mol. The van der Waals surface area contributed by atoms with Crippen LogP contribution in [0.15, 0.2) is 34.5 Å². The third-order valence-electron chi connectivity index (χ3n) is 2.74. The van der Waals surface area contributed by atoms with Crippen LogP contribution in [-0.2, 0) is 23.6 Å². The van der Waals surface area contributed by atoms with Crippen LogP contribution in [0.1, 0.15) is 6.92 Å². The Hall–Kier alpha value is -2.29. The van der Waals surface area contributed by atoms with Crippen molar-refractivity contribution in [2.75, 3.05) is 10.5 Å². The van der Waals surface area contributed by atoms with E-state index < -0.39 is 10.0 Å². The summed E-state index contributed by atoms with van der Waals surface area (Å²) in [5.41, 5.74) is 5.64. The van der Waals surface area contributed by atoms with Gasteiger partial charge in [-0.15, -0.1) is 0 Å². The smallest absolute Gasteiger partial charge is 0.281 e. The summed E-state index contributed by atoms with van der Waals surface area (Å²) in [5, 5.41) is -0.119. The van der Waals surface area contributed by atoms with E-state index in [-0.39, 0.29) is 22.1 Å². The summed E-state index contributed by atoms with van der Waals surface area (Å²) >= 11 is 0. The Morgan fingerprint density at radius 1 is 1.40 bits per heavy atom. The molecule has 0 fully saturated rings. The van der Waals surface area contributed by atoms with Crippen LogP contribution < -0.4 is 16.0 Å². The van der Waals surface area contributed by atoms with Crippen LogP contribution in [0.4, 0.5) is 11.5 Å². The zero-order valence-electron chi connectivity index (χ0n) is 11.1. The molecule has 0 bridgehead atoms. The highest BCUT2D eigenvalue weighted by molar-refractivity contribution is 7.92. The fourth-order valence-corrected chi connectivity index (χ4v) is 3.09. The van der Waals surface area contributed by atoms with Gasteiger partial charge in [-0.1, -0.05) is 0 Å². The van der Waals surface area contributed by atoms with Crippen molar-refractivity contribution in [2.45, 2.75) is 18.5 Å². The molecule has 0 aliphatic heterocycles. The van der Waals surface area contributed by atoms with Gasteiger partial charge < -0.3 is 14.9 Å². The summed E-state index contributed by atoms with van der Waals surface area (Å²) in [5.74, 6) is -0.0798. The van der Waals surface area contributed by atoms with Gasteiger partial charge in [-0.3, -0.25) is 9.52 Å². The predicted octanol–water partition coefficient (Wildman–Crippen LogP) is -0.0153. The molecule has 8 nitrogen and oxygen atoms in total. The van der Waals surface area contributed by atoms with Gasteiger partial charge in [0, 0.05) is 25.9 Å². The first-order valence-electron chi connectivity index (χ1n) is 5.85. The molecule has 0 atom stereocenters. The molecule has 0 aliphatic carbocycles. The molecule has 0 aromatic carbocycles. The first-order chi connectivity index (χ1) is 9.35. The molecule has 2 heterocycles. The molecule has 2 aromatic heterocycles. The minimum Gasteiger partial charge on any atom is -0.381 e. The number of hydrogen-bond donors (Lipinski definition) is 2. The van der Waals surface area contributed by atoms with E-state index in [2.05, 4.69) is 9.71 Å². The zero-order chi connectivity index (χ0) is 14.9. The third-order valence-corrected chi connectivity index (χ3v) is 4.25. The van der Waals surface area contributed by atoms with Crippen molar-refractivity contribution < 1.29 is 8.42 Å². The second-order valence-electron chi connectivity index (χ2n) is 4.19. The number of rotatable bonds is 4. The number of imidazole rings is 1. The standard InChI is InChI=1S/C11H15N5O3S/c1-3-16-6-8(4-5-9(16)17)14-20(18,19)11-10(12)13-7-15(11)2/h4-7,14H,3,12H2,1-2H3. The molecule has 0 amide bonds. The molecule has 0 spiro atoms. The number of nitrogens with one attached hydrogen (secondary N) is 1. The topological polar surface area (TPSA) is 112 Å². The van der Waals surface area contributed by atoms with Gasteiger partial charge in [-0.05, 0) is 13.0 Å². The first kappa shape index (κ1) is 14.1. The predicted molar refractivity (Wildman–Crippen MR) is 74.8 cm³/mol. The summed E-state index contributed by atoms with van der Waals surface area (Å²) in [6.07, 6.45) is 2.75. The number of pyridine rings is 1. The van der Waals surface area contributed by atoms with Crippen molar-refractivity contribution in [2.24, 2.45) is 7.05 Å². The molecule has 2 rings (SSSR count). The van der Waals surface area contributed by atoms with E-state index in [1.165, 1.54) is 40.8 Å². The molecule has 108 valence electrons. The van der Waals surface area contributed by atoms with Gasteiger partial charge in [0.25, 0.3) is 15.6 Å². The quantitative estimate of drug-likeness (QED) is 0.824. The highest BCUT2D eigenvalue weighted by Gasteiger charge is 2.22. The minimum absolute atomic E-state index is 0.0798. The Labute approximate surface area is 115 Å². The minimum atomic E-state index is -3.86. The number of nitrogen functional groups attached to an aromatic ring is 1. The highest BCUT2D eigenvalue weighted by Crippen LogP contribution is 2.19. The molecule has 0 saturated carbocycles. The Morgan fingerprint density at radius 3 is 2.65 bits per heavy atom. The fourth-order valence-electron chi connectivity index (χ4n) is 1.81. The number of nitrogens with zero attached hydrogens (tertiary/aromatic N) is 3. The Bertz CT molecular complexity index is 771. The van der Waals surface area contributed by atoms with Crippen molar-refractivity contribution in [1.29, 1.82) is 0 Å². The van der Waals surface area contributed by atoms with Crippen LogP contribution in [-0.4, -0.2) is 22.5 Å². The van der Waals surface area contributed by atoms with Crippen LogP contribution >= 0.6 is 0 Å². The van der Waals surface area contributed by atoms with E-state index in [0.29, 0.717) is 6.54 Å². The van der Waals surface area contributed by atoms with E-state index >= 15 is 0 Å². The van der Waals surface area contributed by atoms with Crippen LogP contribution in [0.2, 0.25) is 0 Å². The Kier molecular flexibility index (Phi) is 3.53. The number of aryl methyl sites for hydroxylation is 2. The summed E-state index contributed by atoms with van der Waals surface area (Å²) in [6.45, 7) is 2.24. The van der Waals surface area contributed by atoms with Gasteiger partial charge >= 0.3 is 0 Å². The summed E-state index contributed by atoms with van der Waals surface area (Å²) in [4.78, 5) is 15.2. The average molecular weight is 297 g/mol. The van der Waals surface area contributed by atoms with Gasteiger partial charge in [0.15, 0.2) is 10.8 Å². The van der Waals surface area contributed by atoms with Gasteiger partial charge in [-0.2, -0.15) is 8.42 Å². The summed E-state index contributed by atoms with van der Waals surface area (Å²) in [7, 11) is -2.33. The second kappa shape index (κ2) is 5.00. The molecule has 3 N–H and O–H groups in total. The highest BCUT2D eigenvalue weighted by atomic mass is 32.2. The van der Waals surface area contributed by atoms with E-state index in [1.807, 2.05) is 0 Å². The molecular formula is C11H15N5O3S. The van der Waals surface area contributed by atoms with E-state index in [4.69, 9.17) is 5.73 Å². The first-order valence-corrected chi connectivity index (χ1v) is 7.33. The van der Waals surface area contributed by atoms with E-state index in [1.54, 1.807) is 6.92 Å². The number of anilines is 2. The van der Waals surface area contributed by atoms with Crippen LogP contribution in [0.3, 0.4) is 0 Å². The van der Waals surface area contributed by atoms with Crippen LogP contribution in [0.25, 0.3) is 0 Å². The molecule has 0 aliphatic rings. The van der Waals surface area contributed by atoms with Gasteiger partial charge in [-0.25, -0.2) is 4.98 Å². The van der Waals surface area contributed by atoms with Gasteiger partial charge in [0.2, 0.25) is 0 Å². The van der Waals surface area contributed by atoms with Crippen molar-refractivity contribution >= 4 is 21.5 Å². The third kappa shape index (κ3) is 2.52. The average Bonchev–Trinajstić information content (AvgIpc) is 2.71. The maximum atomic E-state index is 12.2. The summed E-state index contributed by atoms with van der Waals surface area (Å²) in [6, 6.07) is 2.70. The molecule has 9 heteroatoms. The van der Waals surface area contributed by atoms with Crippen LogP contribution in [0, 0.1) is 0 Å².